The second-order valence-electron chi connectivity index (χ2n) is 2.29. The van der Waals surface area contributed by atoms with Gasteiger partial charge in [-0.1, -0.05) is 17.9 Å². The Morgan fingerprint density at radius 2 is 2.31 bits per heavy atom. The molecule has 0 saturated heterocycles. The van der Waals surface area contributed by atoms with Crippen LogP contribution in [-0.4, -0.2) is 12.0 Å². The van der Waals surface area contributed by atoms with Gasteiger partial charge in [0.1, 0.15) is 5.82 Å². The van der Waals surface area contributed by atoms with E-state index in [1.54, 1.807) is 6.07 Å². The maximum Gasteiger partial charge on any atom is 0.153 e. The van der Waals surface area contributed by atoms with Crippen molar-refractivity contribution in [3.8, 4) is 11.8 Å². The van der Waals surface area contributed by atoms with Gasteiger partial charge in [0.25, 0.3) is 0 Å². The van der Waals surface area contributed by atoms with Crippen LogP contribution < -0.4 is 0 Å². The van der Waals surface area contributed by atoms with Crippen molar-refractivity contribution in [3.05, 3.63) is 35.1 Å². The highest BCUT2D eigenvalue weighted by Gasteiger charge is 2.03. The van der Waals surface area contributed by atoms with Crippen LogP contribution in [0.25, 0.3) is 0 Å². The molecule has 0 atom stereocenters. The van der Waals surface area contributed by atoms with Gasteiger partial charge >= 0.3 is 0 Å². The third kappa shape index (κ3) is 2.33. The van der Waals surface area contributed by atoms with E-state index in [9.17, 15) is 9.18 Å². The molecule has 13 heavy (non-hydrogen) atoms. The first-order valence-corrected chi connectivity index (χ1v) is 4.26. The number of halogens is 1. The van der Waals surface area contributed by atoms with E-state index in [2.05, 4.69) is 24.5 Å². The van der Waals surface area contributed by atoms with Crippen molar-refractivity contribution in [1.82, 2.24) is 0 Å². The summed E-state index contributed by atoms with van der Waals surface area (Å²) in [6.07, 6.45) is 0.473. The topological polar surface area (TPSA) is 17.1 Å². The highest BCUT2D eigenvalue weighted by atomic mass is 32.1. The molecule has 0 aliphatic heterocycles. The maximum atomic E-state index is 13.2. The van der Waals surface area contributed by atoms with E-state index in [-0.39, 0.29) is 11.1 Å². The molecule has 0 bridgehead atoms. The van der Waals surface area contributed by atoms with Gasteiger partial charge in [0.2, 0.25) is 0 Å². The molecule has 0 amide bonds. The van der Waals surface area contributed by atoms with Crippen LogP contribution in [0.1, 0.15) is 15.9 Å². The molecule has 0 N–H and O–H groups in total. The molecule has 3 heteroatoms. The van der Waals surface area contributed by atoms with Crippen LogP contribution in [0, 0.1) is 17.7 Å². The van der Waals surface area contributed by atoms with E-state index in [1.165, 1.54) is 12.1 Å². The lowest BCUT2D eigenvalue weighted by molar-refractivity contribution is 0.112. The third-order valence-corrected chi connectivity index (χ3v) is 1.62. The van der Waals surface area contributed by atoms with E-state index in [0.29, 0.717) is 12.0 Å². The summed E-state index contributed by atoms with van der Waals surface area (Å²) in [7, 11) is 0. The van der Waals surface area contributed by atoms with E-state index >= 15 is 0 Å². The van der Waals surface area contributed by atoms with E-state index in [1.807, 2.05) is 0 Å². The Morgan fingerprint density at radius 1 is 1.54 bits per heavy atom. The number of rotatable bonds is 1. The number of carbonyl (C=O) groups is 1. The molecular formula is C10H7FOS. The van der Waals surface area contributed by atoms with E-state index in [4.69, 9.17) is 0 Å². The highest BCUT2D eigenvalue weighted by Crippen LogP contribution is 2.09. The second-order valence-corrected chi connectivity index (χ2v) is 2.60. The lowest BCUT2D eigenvalue weighted by atomic mass is 10.1. The lowest BCUT2D eigenvalue weighted by Crippen LogP contribution is -1.91. The normalized spacial score (nSPS) is 8.77. The zero-order chi connectivity index (χ0) is 9.68. The van der Waals surface area contributed by atoms with Crippen LogP contribution in [-0.2, 0) is 0 Å². The molecule has 1 aromatic rings. The number of carbonyl (C=O) groups excluding carboxylic acids is 1. The van der Waals surface area contributed by atoms with Gasteiger partial charge in [0.15, 0.2) is 6.29 Å². The van der Waals surface area contributed by atoms with Crippen molar-refractivity contribution in [3.63, 3.8) is 0 Å². The van der Waals surface area contributed by atoms with Gasteiger partial charge in [0.05, 0.1) is 16.9 Å². The molecule has 1 nitrogen and oxygen atoms in total. The smallest absolute Gasteiger partial charge is 0.153 e. The van der Waals surface area contributed by atoms with Crippen molar-refractivity contribution in [1.29, 1.82) is 0 Å². The summed E-state index contributed by atoms with van der Waals surface area (Å²) in [6, 6.07) is 4.53. The molecule has 0 aliphatic carbocycles. The van der Waals surface area contributed by atoms with Crippen LogP contribution in [0.15, 0.2) is 18.2 Å². The van der Waals surface area contributed by atoms with Gasteiger partial charge < -0.3 is 0 Å². The van der Waals surface area contributed by atoms with Crippen LogP contribution in [0.3, 0.4) is 0 Å². The molecular weight excluding hydrogens is 187 g/mol. The summed E-state index contributed by atoms with van der Waals surface area (Å²) in [5, 5.41) is 0. The van der Waals surface area contributed by atoms with Crippen molar-refractivity contribution in [2.45, 2.75) is 0 Å². The summed E-state index contributed by atoms with van der Waals surface area (Å²) in [6.45, 7) is 0. The standard InChI is InChI=1S/C10H7FOS/c11-10-8(5-2-6-13)3-1-4-9(10)7-12/h1,3-4,7,13H,6H2. The number of hydrogen-bond donors (Lipinski definition) is 1. The van der Waals surface area contributed by atoms with Crippen LogP contribution in [0.2, 0.25) is 0 Å². The molecule has 66 valence electrons. The van der Waals surface area contributed by atoms with Gasteiger partial charge in [0, 0.05) is 0 Å². The summed E-state index contributed by atoms with van der Waals surface area (Å²) in [4.78, 5) is 10.4. The SMILES string of the molecule is O=Cc1cccc(C#CCS)c1F. The molecule has 0 spiro atoms. The van der Waals surface area contributed by atoms with E-state index in [0.717, 1.165) is 0 Å². The summed E-state index contributed by atoms with van der Waals surface area (Å²) in [5.74, 6) is 4.99. The Kier molecular flexibility index (Phi) is 3.53. The molecule has 0 saturated carbocycles. The molecule has 0 fully saturated rings. The van der Waals surface area contributed by atoms with Gasteiger partial charge in [-0.2, -0.15) is 12.6 Å². The van der Waals surface area contributed by atoms with Crippen molar-refractivity contribution in [2.24, 2.45) is 0 Å². The molecule has 0 aromatic heterocycles. The zero-order valence-corrected chi connectivity index (χ0v) is 7.64. The van der Waals surface area contributed by atoms with Crippen molar-refractivity contribution >= 4 is 18.9 Å². The monoisotopic (exact) mass is 194 g/mol. The average molecular weight is 194 g/mol. The number of benzene rings is 1. The van der Waals surface area contributed by atoms with Gasteiger partial charge in [-0.25, -0.2) is 4.39 Å². The molecule has 0 heterocycles. The summed E-state index contributed by atoms with van der Waals surface area (Å²) < 4.78 is 13.2. The molecule has 1 rings (SSSR count). The lowest BCUT2D eigenvalue weighted by Gasteiger charge is -1.95. The first kappa shape index (κ1) is 9.82. The Morgan fingerprint density at radius 3 is 2.92 bits per heavy atom. The fourth-order valence-corrected chi connectivity index (χ4v) is 0.951. The fourth-order valence-electron chi connectivity index (χ4n) is 0.872. The van der Waals surface area contributed by atoms with Crippen LogP contribution in [0.5, 0.6) is 0 Å². The molecule has 1 aromatic carbocycles. The Bertz CT molecular complexity index is 376. The number of hydrogen-bond acceptors (Lipinski definition) is 2. The van der Waals surface area contributed by atoms with E-state index < -0.39 is 5.82 Å². The molecule has 0 radical (unpaired) electrons. The quantitative estimate of drug-likeness (QED) is 0.410. The predicted molar refractivity (Wildman–Crippen MR) is 52.5 cm³/mol. The van der Waals surface area contributed by atoms with Crippen LogP contribution >= 0.6 is 12.6 Å². The number of thiol groups is 1. The van der Waals surface area contributed by atoms with Crippen molar-refractivity contribution in [2.75, 3.05) is 5.75 Å². The fraction of sp³-hybridized carbons (Fsp3) is 0.100. The van der Waals surface area contributed by atoms with Gasteiger partial charge in [-0.15, -0.1) is 0 Å². The Balaban J connectivity index is 3.15. The van der Waals surface area contributed by atoms with Crippen LogP contribution in [0.4, 0.5) is 4.39 Å². The Hall–Kier alpha value is -1.27. The minimum absolute atomic E-state index is 0.0333. The first-order valence-electron chi connectivity index (χ1n) is 3.63. The first-order chi connectivity index (χ1) is 6.29. The summed E-state index contributed by atoms with van der Waals surface area (Å²) >= 11 is 3.87. The minimum atomic E-state index is -0.563. The second kappa shape index (κ2) is 4.68. The highest BCUT2D eigenvalue weighted by molar-refractivity contribution is 7.80. The van der Waals surface area contributed by atoms with Gasteiger partial charge in [-0.05, 0) is 12.1 Å². The zero-order valence-electron chi connectivity index (χ0n) is 6.75. The molecule has 0 aliphatic rings. The third-order valence-electron chi connectivity index (χ3n) is 1.46. The largest absolute Gasteiger partial charge is 0.298 e. The maximum absolute atomic E-state index is 13.2. The average Bonchev–Trinajstić information content (AvgIpc) is 2.16. The summed E-state index contributed by atoms with van der Waals surface area (Å²) in [5.41, 5.74) is 0.268. The minimum Gasteiger partial charge on any atom is -0.298 e. The van der Waals surface area contributed by atoms with Crippen molar-refractivity contribution < 1.29 is 9.18 Å². The molecule has 0 unspecified atom stereocenters. The number of aldehydes is 1. The predicted octanol–water partition coefficient (Wildman–Crippen LogP) is 1.92. The Labute approximate surface area is 81.4 Å². The van der Waals surface area contributed by atoms with Gasteiger partial charge in [-0.3, -0.25) is 4.79 Å².